The zero-order valence-corrected chi connectivity index (χ0v) is 7.09. The molecule has 0 aromatic rings. The monoisotopic (exact) mass is 154 g/mol. The molecule has 2 rings (SSSR count). The van der Waals surface area contributed by atoms with Crippen LogP contribution in [0.25, 0.3) is 0 Å². The van der Waals surface area contributed by atoms with Gasteiger partial charge in [0.25, 0.3) is 0 Å². The Hall–Kier alpha value is -0.340. The molecule has 2 fully saturated rings. The van der Waals surface area contributed by atoms with E-state index in [1.807, 2.05) is 6.08 Å². The molecular formula is C9H14O2. The Balaban J connectivity index is 2.22. The number of hydrogen-bond acceptors (Lipinski definition) is 2. The molecule has 1 unspecified atom stereocenters. The number of ether oxygens (including phenoxy) is 2. The number of fused-ring (bicyclic) bond motifs is 1. The highest BCUT2D eigenvalue weighted by Gasteiger charge is 2.67. The first-order valence-corrected chi connectivity index (χ1v) is 4.03. The van der Waals surface area contributed by atoms with Gasteiger partial charge in [0.1, 0.15) is 11.7 Å². The first-order valence-electron chi connectivity index (χ1n) is 4.03. The van der Waals surface area contributed by atoms with Crippen molar-refractivity contribution in [1.82, 2.24) is 0 Å². The van der Waals surface area contributed by atoms with Crippen LogP contribution < -0.4 is 0 Å². The van der Waals surface area contributed by atoms with Crippen LogP contribution in [0, 0.1) is 0 Å². The van der Waals surface area contributed by atoms with E-state index in [1.54, 1.807) is 7.11 Å². The van der Waals surface area contributed by atoms with E-state index in [4.69, 9.17) is 9.47 Å². The van der Waals surface area contributed by atoms with Crippen LogP contribution in [0.15, 0.2) is 12.7 Å². The molecule has 1 saturated heterocycles. The summed E-state index contributed by atoms with van der Waals surface area (Å²) in [6.45, 7) is 5.93. The normalized spacial score (nSPS) is 53.8. The Morgan fingerprint density at radius 2 is 2.36 bits per heavy atom. The number of rotatable bonds is 2. The molecule has 62 valence electrons. The van der Waals surface area contributed by atoms with Gasteiger partial charge in [0.2, 0.25) is 0 Å². The van der Waals surface area contributed by atoms with Gasteiger partial charge in [-0.05, 0) is 19.8 Å². The van der Waals surface area contributed by atoms with E-state index in [0.717, 1.165) is 12.8 Å². The van der Waals surface area contributed by atoms with Gasteiger partial charge in [-0.2, -0.15) is 0 Å². The van der Waals surface area contributed by atoms with Crippen molar-refractivity contribution in [3.05, 3.63) is 12.7 Å². The SMILES string of the molecule is C=C[C@@]1(OC)CC[C@]2(C)OC12. The fourth-order valence-corrected chi connectivity index (χ4v) is 2.12. The highest BCUT2D eigenvalue weighted by molar-refractivity contribution is 5.23. The van der Waals surface area contributed by atoms with Gasteiger partial charge >= 0.3 is 0 Å². The molecule has 2 heteroatoms. The molecule has 2 nitrogen and oxygen atoms in total. The van der Waals surface area contributed by atoms with E-state index in [0.29, 0.717) is 0 Å². The summed E-state index contributed by atoms with van der Waals surface area (Å²) in [6, 6.07) is 0. The molecular weight excluding hydrogens is 140 g/mol. The predicted octanol–water partition coefficient (Wildman–Crippen LogP) is 1.51. The fourth-order valence-electron chi connectivity index (χ4n) is 2.12. The second-order valence-corrected chi connectivity index (χ2v) is 3.67. The highest BCUT2D eigenvalue weighted by Crippen LogP contribution is 2.56. The van der Waals surface area contributed by atoms with E-state index in [1.165, 1.54) is 0 Å². The Morgan fingerprint density at radius 1 is 1.64 bits per heavy atom. The zero-order chi connectivity index (χ0) is 8.11. The number of hydrogen-bond donors (Lipinski definition) is 0. The molecule has 0 radical (unpaired) electrons. The molecule has 1 heterocycles. The van der Waals surface area contributed by atoms with Gasteiger partial charge in [0.05, 0.1) is 5.60 Å². The van der Waals surface area contributed by atoms with Crippen molar-refractivity contribution in [1.29, 1.82) is 0 Å². The van der Waals surface area contributed by atoms with Crippen LogP contribution >= 0.6 is 0 Å². The maximum atomic E-state index is 5.54. The van der Waals surface area contributed by atoms with Crippen molar-refractivity contribution in [2.24, 2.45) is 0 Å². The van der Waals surface area contributed by atoms with E-state index in [9.17, 15) is 0 Å². The molecule has 0 N–H and O–H groups in total. The van der Waals surface area contributed by atoms with E-state index >= 15 is 0 Å². The summed E-state index contributed by atoms with van der Waals surface area (Å²) in [5, 5.41) is 0. The van der Waals surface area contributed by atoms with Gasteiger partial charge in [-0.1, -0.05) is 6.08 Å². The molecule has 0 aromatic carbocycles. The second-order valence-electron chi connectivity index (χ2n) is 3.67. The van der Waals surface area contributed by atoms with Gasteiger partial charge < -0.3 is 9.47 Å². The van der Waals surface area contributed by atoms with Crippen LogP contribution in [0.1, 0.15) is 19.8 Å². The van der Waals surface area contributed by atoms with Crippen LogP contribution in [-0.4, -0.2) is 24.4 Å². The smallest absolute Gasteiger partial charge is 0.119 e. The summed E-state index contributed by atoms with van der Waals surface area (Å²) in [6.07, 6.45) is 4.29. The van der Waals surface area contributed by atoms with Crippen molar-refractivity contribution >= 4 is 0 Å². The molecule has 3 atom stereocenters. The Kier molecular flexibility index (Phi) is 1.25. The maximum absolute atomic E-state index is 5.54. The van der Waals surface area contributed by atoms with Gasteiger partial charge in [-0.25, -0.2) is 0 Å². The third kappa shape index (κ3) is 0.741. The molecule has 2 aliphatic rings. The lowest BCUT2D eigenvalue weighted by Gasteiger charge is -2.23. The van der Waals surface area contributed by atoms with Crippen molar-refractivity contribution in [3.8, 4) is 0 Å². The first kappa shape index (κ1) is 7.32. The van der Waals surface area contributed by atoms with Crippen molar-refractivity contribution < 1.29 is 9.47 Å². The lowest BCUT2D eigenvalue weighted by atomic mass is 10.0. The summed E-state index contributed by atoms with van der Waals surface area (Å²) in [4.78, 5) is 0. The van der Waals surface area contributed by atoms with E-state index < -0.39 is 0 Å². The first-order chi connectivity index (χ1) is 5.17. The van der Waals surface area contributed by atoms with E-state index in [-0.39, 0.29) is 17.3 Å². The predicted molar refractivity (Wildman–Crippen MR) is 42.4 cm³/mol. The van der Waals surface area contributed by atoms with Crippen molar-refractivity contribution in [2.45, 2.75) is 37.1 Å². The third-order valence-corrected chi connectivity index (χ3v) is 3.07. The Morgan fingerprint density at radius 3 is 2.55 bits per heavy atom. The van der Waals surface area contributed by atoms with Crippen LogP contribution in [0.5, 0.6) is 0 Å². The minimum absolute atomic E-state index is 0.101. The lowest BCUT2D eigenvalue weighted by Crippen LogP contribution is -2.32. The van der Waals surface area contributed by atoms with Gasteiger partial charge in [-0.15, -0.1) is 6.58 Å². The minimum atomic E-state index is -0.186. The quantitative estimate of drug-likeness (QED) is 0.444. The van der Waals surface area contributed by atoms with Crippen LogP contribution in [-0.2, 0) is 9.47 Å². The van der Waals surface area contributed by atoms with Gasteiger partial charge in [0.15, 0.2) is 0 Å². The lowest BCUT2D eigenvalue weighted by molar-refractivity contribution is 0.000330. The number of methoxy groups -OCH3 is 1. The van der Waals surface area contributed by atoms with E-state index in [2.05, 4.69) is 13.5 Å². The van der Waals surface area contributed by atoms with Gasteiger partial charge in [-0.3, -0.25) is 0 Å². The molecule has 0 aromatic heterocycles. The average molecular weight is 154 g/mol. The molecule has 0 amide bonds. The summed E-state index contributed by atoms with van der Waals surface area (Å²) >= 11 is 0. The van der Waals surface area contributed by atoms with Crippen LogP contribution in [0.4, 0.5) is 0 Å². The summed E-state index contributed by atoms with van der Waals surface area (Å²) in [5.41, 5.74) is -0.0844. The Labute approximate surface area is 67.2 Å². The largest absolute Gasteiger partial charge is 0.371 e. The highest BCUT2D eigenvalue weighted by atomic mass is 16.6. The standard InChI is InChI=1S/C9H14O2/c1-4-9(10-3)6-5-8(2)7(9)11-8/h4,7H,1,5-6H2,2-3H3/t7?,8-,9+/m0/s1. The zero-order valence-electron chi connectivity index (χ0n) is 7.09. The molecule has 0 bridgehead atoms. The van der Waals surface area contributed by atoms with Crippen molar-refractivity contribution in [3.63, 3.8) is 0 Å². The van der Waals surface area contributed by atoms with Crippen molar-refractivity contribution in [2.75, 3.05) is 7.11 Å². The number of epoxide rings is 1. The second kappa shape index (κ2) is 1.87. The maximum Gasteiger partial charge on any atom is 0.119 e. The summed E-state index contributed by atoms with van der Waals surface area (Å²) in [7, 11) is 1.73. The molecule has 1 aliphatic heterocycles. The van der Waals surface area contributed by atoms with Crippen LogP contribution in [0.3, 0.4) is 0 Å². The third-order valence-electron chi connectivity index (χ3n) is 3.07. The Bertz CT molecular complexity index is 202. The molecule has 11 heavy (non-hydrogen) atoms. The molecule has 1 saturated carbocycles. The summed E-state index contributed by atoms with van der Waals surface area (Å²) in [5.74, 6) is 0. The van der Waals surface area contributed by atoms with Gasteiger partial charge in [0, 0.05) is 7.11 Å². The summed E-state index contributed by atoms with van der Waals surface area (Å²) < 4.78 is 11.0. The fraction of sp³-hybridized carbons (Fsp3) is 0.778. The van der Waals surface area contributed by atoms with Crippen LogP contribution in [0.2, 0.25) is 0 Å². The topological polar surface area (TPSA) is 21.8 Å². The minimum Gasteiger partial charge on any atom is -0.371 e. The molecule has 1 aliphatic carbocycles. The average Bonchev–Trinajstić information content (AvgIpc) is 2.61. The molecule has 0 spiro atoms.